The first-order chi connectivity index (χ1) is 19.5. The van der Waals surface area contributed by atoms with E-state index in [1.165, 1.54) is 31.1 Å². The Balaban J connectivity index is 1.34. The summed E-state index contributed by atoms with van der Waals surface area (Å²) in [5, 5.41) is 16.8. The van der Waals surface area contributed by atoms with Crippen LogP contribution in [-0.2, 0) is 23.4 Å². The minimum Gasteiger partial charge on any atom is -0.462 e. The third-order valence-corrected chi connectivity index (χ3v) is 8.33. The molecule has 15 heteroatoms. The molecule has 0 bridgehead atoms. The van der Waals surface area contributed by atoms with E-state index in [2.05, 4.69) is 25.4 Å². The minimum atomic E-state index is -4.26. The molecule has 5 rings (SSSR count). The summed E-state index contributed by atoms with van der Waals surface area (Å²) in [6.07, 6.45) is 0.118. The van der Waals surface area contributed by atoms with Gasteiger partial charge in [0, 0.05) is 6.04 Å². The van der Waals surface area contributed by atoms with Crippen LogP contribution < -0.4 is 14.9 Å². The van der Waals surface area contributed by atoms with Crippen molar-refractivity contribution in [2.75, 3.05) is 11.9 Å². The van der Waals surface area contributed by atoms with Gasteiger partial charge >= 0.3 is 13.7 Å². The summed E-state index contributed by atoms with van der Waals surface area (Å²) in [5.41, 5.74) is -1.54. The van der Waals surface area contributed by atoms with Gasteiger partial charge in [0.1, 0.15) is 30.3 Å². The van der Waals surface area contributed by atoms with Crippen LogP contribution in [0.25, 0.3) is 11.2 Å². The van der Waals surface area contributed by atoms with E-state index in [9.17, 15) is 14.5 Å². The van der Waals surface area contributed by atoms with Gasteiger partial charge in [0.25, 0.3) is 0 Å². The molecule has 2 fully saturated rings. The van der Waals surface area contributed by atoms with Gasteiger partial charge in [-0.25, -0.2) is 23.9 Å². The molecule has 1 unspecified atom stereocenters. The van der Waals surface area contributed by atoms with E-state index in [1.54, 1.807) is 44.2 Å². The number of halogens is 1. The lowest BCUT2D eigenvalue weighted by Crippen LogP contribution is -2.41. The smallest absolute Gasteiger partial charge is 0.459 e. The zero-order valence-corrected chi connectivity index (χ0v) is 24.0. The number of anilines is 1. The molecule has 1 aliphatic carbocycles. The highest BCUT2D eigenvalue weighted by atomic mass is 31.2. The number of aliphatic hydroxyl groups is 1. The van der Waals surface area contributed by atoms with E-state index in [0.29, 0.717) is 23.0 Å². The van der Waals surface area contributed by atoms with Gasteiger partial charge in [-0.15, -0.1) is 0 Å². The first-order valence-electron chi connectivity index (χ1n) is 13.4. The van der Waals surface area contributed by atoms with Gasteiger partial charge in [0.15, 0.2) is 28.9 Å². The first kappa shape index (κ1) is 29.3. The van der Waals surface area contributed by atoms with Crippen molar-refractivity contribution in [1.29, 1.82) is 0 Å². The van der Waals surface area contributed by atoms with Crippen molar-refractivity contribution >= 4 is 30.7 Å². The molecule has 1 aliphatic heterocycles. The van der Waals surface area contributed by atoms with E-state index < -0.39 is 56.6 Å². The Morgan fingerprint density at radius 3 is 2.66 bits per heavy atom. The molecule has 0 amide bonds. The third kappa shape index (κ3) is 6.52. The summed E-state index contributed by atoms with van der Waals surface area (Å²) in [5.74, 6) is 0.0676. The molecule has 222 valence electrons. The van der Waals surface area contributed by atoms with Crippen molar-refractivity contribution < 1.29 is 37.4 Å². The molecule has 1 saturated carbocycles. The number of carbonyl (C=O) groups is 1. The highest BCUT2D eigenvalue weighted by Crippen LogP contribution is 2.48. The fraction of sp³-hybridized carbons (Fsp3) is 0.538. The van der Waals surface area contributed by atoms with Crippen molar-refractivity contribution in [3.63, 3.8) is 0 Å². The molecule has 41 heavy (non-hydrogen) atoms. The van der Waals surface area contributed by atoms with Gasteiger partial charge < -0.3 is 24.4 Å². The maximum absolute atomic E-state index is 16.0. The SMILES string of the molecule is CC(C)OC(=O)[C@@H](C)NP(=O)(OC[C@H]1O[C@@H](n2cnc3c(NC4CC4)ncnc32)[C@](C)(F)[C@@H]1O)Oc1ccccc1. The predicted molar refractivity (Wildman–Crippen MR) is 146 cm³/mol. The van der Waals surface area contributed by atoms with E-state index in [4.69, 9.17) is 18.5 Å². The maximum Gasteiger partial charge on any atom is 0.459 e. The lowest BCUT2D eigenvalue weighted by molar-refractivity contribution is -0.149. The minimum absolute atomic E-state index is 0.203. The molecule has 3 N–H and O–H groups in total. The maximum atomic E-state index is 16.0. The van der Waals surface area contributed by atoms with Crippen molar-refractivity contribution in [1.82, 2.24) is 24.6 Å². The van der Waals surface area contributed by atoms with Crippen LogP contribution in [0.1, 0.15) is 46.8 Å². The Morgan fingerprint density at radius 1 is 1.24 bits per heavy atom. The Labute approximate surface area is 236 Å². The average molecular weight is 593 g/mol. The van der Waals surface area contributed by atoms with Crippen LogP contribution in [0.5, 0.6) is 5.75 Å². The largest absolute Gasteiger partial charge is 0.462 e. The molecule has 1 saturated heterocycles. The number of fused-ring (bicyclic) bond motifs is 1. The molecule has 3 aromatic rings. The van der Waals surface area contributed by atoms with Crippen LogP contribution >= 0.6 is 7.75 Å². The van der Waals surface area contributed by atoms with Crippen LogP contribution in [0.2, 0.25) is 0 Å². The number of ether oxygens (including phenoxy) is 2. The molecule has 2 aromatic heterocycles. The van der Waals surface area contributed by atoms with Gasteiger partial charge in [-0.1, -0.05) is 18.2 Å². The molecular formula is C26H34FN6O7P. The molecule has 1 aromatic carbocycles. The number of alkyl halides is 1. The number of carbonyl (C=O) groups excluding carboxylic acids is 1. The number of para-hydroxylation sites is 1. The Kier molecular flexibility index (Phi) is 8.31. The van der Waals surface area contributed by atoms with E-state index in [1.807, 2.05) is 0 Å². The van der Waals surface area contributed by atoms with Crippen molar-refractivity contribution in [2.45, 2.75) is 82.8 Å². The van der Waals surface area contributed by atoms with Crippen molar-refractivity contribution in [2.24, 2.45) is 0 Å². The number of hydrogen-bond acceptors (Lipinski definition) is 11. The average Bonchev–Trinajstić information content (AvgIpc) is 3.58. The first-order valence-corrected chi connectivity index (χ1v) is 14.9. The standard InChI is InChI=1S/C26H34FN6O7P/c1-15(2)38-24(35)16(3)32-41(36,40-18-8-6-5-7-9-18)37-12-19-21(34)26(4,27)25(39-19)33-14-30-20-22(31-17-10-11-17)28-13-29-23(20)33/h5-9,13-17,19,21,25,34H,10-12H2,1-4H3,(H,32,36)(H,28,29,31)/t16-,19-,21-,25-,26-,41?/m1/s1. The summed E-state index contributed by atoms with van der Waals surface area (Å²) in [4.78, 5) is 25.3. The van der Waals surface area contributed by atoms with Crippen LogP contribution in [0.3, 0.4) is 0 Å². The number of imidazole rings is 1. The van der Waals surface area contributed by atoms with Crippen molar-refractivity contribution in [3.8, 4) is 5.75 Å². The van der Waals surface area contributed by atoms with E-state index in [0.717, 1.165) is 12.8 Å². The van der Waals surface area contributed by atoms with Gasteiger partial charge in [-0.3, -0.25) is 13.9 Å². The zero-order chi connectivity index (χ0) is 29.4. The van der Waals surface area contributed by atoms with Crippen LogP contribution in [0.4, 0.5) is 10.2 Å². The second-order valence-electron chi connectivity index (χ2n) is 10.6. The molecule has 13 nitrogen and oxygen atoms in total. The lowest BCUT2D eigenvalue weighted by atomic mass is 9.98. The number of benzene rings is 1. The highest BCUT2D eigenvalue weighted by molar-refractivity contribution is 7.52. The quantitative estimate of drug-likeness (QED) is 0.208. The topological polar surface area (TPSA) is 159 Å². The van der Waals surface area contributed by atoms with Crippen LogP contribution in [-0.4, -0.2) is 73.3 Å². The molecule has 2 aliphatic rings. The number of nitrogens with zero attached hydrogens (tertiary/aromatic N) is 4. The highest BCUT2D eigenvalue weighted by Gasteiger charge is 2.56. The lowest BCUT2D eigenvalue weighted by Gasteiger charge is -2.25. The summed E-state index contributed by atoms with van der Waals surface area (Å²) in [7, 11) is -4.26. The fourth-order valence-electron chi connectivity index (χ4n) is 4.41. The normalized spacial score (nSPS) is 26.6. The molecule has 3 heterocycles. The monoisotopic (exact) mass is 592 g/mol. The zero-order valence-electron chi connectivity index (χ0n) is 23.1. The molecular weight excluding hydrogens is 558 g/mol. The van der Waals surface area contributed by atoms with Crippen LogP contribution in [0, 0.1) is 0 Å². The molecule has 0 radical (unpaired) electrons. The Hall–Kier alpha value is -3.16. The number of aromatic nitrogens is 4. The second-order valence-corrected chi connectivity index (χ2v) is 12.3. The second kappa shape index (κ2) is 11.6. The van der Waals surface area contributed by atoms with Gasteiger partial charge in [0.05, 0.1) is 19.0 Å². The third-order valence-electron chi connectivity index (χ3n) is 6.68. The molecule has 0 spiro atoms. The van der Waals surface area contributed by atoms with Crippen LogP contribution in [0.15, 0.2) is 43.0 Å². The number of hydrogen-bond donors (Lipinski definition) is 3. The Bertz CT molecular complexity index is 1420. The summed E-state index contributed by atoms with van der Waals surface area (Å²) in [6, 6.07) is 7.44. The van der Waals surface area contributed by atoms with E-state index in [-0.39, 0.29) is 5.75 Å². The summed E-state index contributed by atoms with van der Waals surface area (Å²) < 4.78 is 53.6. The van der Waals surface area contributed by atoms with Gasteiger partial charge in [0.2, 0.25) is 0 Å². The number of aliphatic hydroxyl groups excluding tert-OH is 1. The van der Waals surface area contributed by atoms with E-state index >= 15 is 4.39 Å². The Morgan fingerprint density at radius 2 is 1.98 bits per heavy atom. The fourth-order valence-corrected chi connectivity index (χ4v) is 5.91. The number of rotatable bonds is 12. The predicted octanol–water partition coefficient (Wildman–Crippen LogP) is 3.52. The number of nitrogens with one attached hydrogen (secondary N) is 2. The van der Waals surface area contributed by atoms with Gasteiger partial charge in [-0.05, 0) is 52.7 Å². The molecule has 6 atom stereocenters. The summed E-state index contributed by atoms with van der Waals surface area (Å²) in [6.45, 7) is 5.48. The summed E-state index contributed by atoms with van der Waals surface area (Å²) >= 11 is 0. The van der Waals surface area contributed by atoms with Gasteiger partial charge in [-0.2, -0.15) is 5.09 Å². The van der Waals surface area contributed by atoms with Crippen molar-refractivity contribution in [3.05, 3.63) is 43.0 Å². The number of esters is 1.